The van der Waals surface area contributed by atoms with Crippen LogP contribution in [0.1, 0.15) is 11.7 Å². The van der Waals surface area contributed by atoms with E-state index in [0.29, 0.717) is 5.75 Å². The predicted molar refractivity (Wildman–Crippen MR) is 102 cm³/mol. The largest absolute Gasteiger partial charge is 0.504 e. The standard InChI is InChI=1S/C21H17N3O2/c1-26-19-11-10-13(12-18(19)25)20-22-15-7-3-2-6-14(15)21-23-16-8-4-5-9-17(16)24(20)21/h2-12,20,22,25H,1H3. The third-order valence-corrected chi connectivity index (χ3v) is 4.83. The molecular weight excluding hydrogens is 326 g/mol. The topological polar surface area (TPSA) is 59.3 Å². The number of anilines is 1. The Kier molecular flexibility index (Phi) is 3.15. The van der Waals surface area contributed by atoms with E-state index < -0.39 is 0 Å². The van der Waals surface area contributed by atoms with Crippen LogP contribution in [-0.2, 0) is 0 Å². The van der Waals surface area contributed by atoms with E-state index in [4.69, 9.17) is 9.72 Å². The molecule has 0 bridgehead atoms. The van der Waals surface area contributed by atoms with Gasteiger partial charge in [0.2, 0.25) is 0 Å². The summed E-state index contributed by atoms with van der Waals surface area (Å²) in [6.07, 6.45) is -0.177. The quantitative estimate of drug-likeness (QED) is 0.567. The van der Waals surface area contributed by atoms with Gasteiger partial charge in [-0.3, -0.25) is 4.57 Å². The first-order chi connectivity index (χ1) is 12.8. The zero-order valence-corrected chi connectivity index (χ0v) is 14.2. The van der Waals surface area contributed by atoms with Crippen LogP contribution in [-0.4, -0.2) is 21.8 Å². The molecule has 1 aliphatic rings. The van der Waals surface area contributed by atoms with Gasteiger partial charge in [-0.05, 0) is 42.0 Å². The van der Waals surface area contributed by atoms with Crippen LogP contribution < -0.4 is 10.1 Å². The van der Waals surface area contributed by atoms with Gasteiger partial charge in [-0.15, -0.1) is 0 Å². The van der Waals surface area contributed by atoms with Gasteiger partial charge in [-0.1, -0.05) is 30.3 Å². The van der Waals surface area contributed by atoms with Crippen molar-refractivity contribution in [1.82, 2.24) is 9.55 Å². The number of ether oxygens (including phenoxy) is 1. The lowest BCUT2D eigenvalue weighted by molar-refractivity contribution is 0.372. The van der Waals surface area contributed by atoms with Crippen molar-refractivity contribution in [3.8, 4) is 22.9 Å². The van der Waals surface area contributed by atoms with Crippen LogP contribution >= 0.6 is 0 Å². The zero-order chi connectivity index (χ0) is 17.7. The fourth-order valence-corrected chi connectivity index (χ4v) is 3.62. The van der Waals surface area contributed by atoms with Crippen molar-refractivity contribution in [1.29, 1.82) is 0 Å². The van der Waals surface area contributed by atoms with Gasteiger partial charge >= 0.3 is 0 Å². The predicted octanol–water partition coefficient (Wildman–Crippen LogP) is 4.39. The number of fused-ring (bicyclic) bond motifs is 5. The SMILES string of the molecule is COc1ccc(C2Nc3ccccc3-c3nc4ccccc4n32)cc1O. The summed E-state index contributed by atoms with van der Waals surface area (Å²) >= 11 is 0. The summed E-state index contributed by atoms with van der Waals surface area (Å²) in [5.41, 5.74) is 5.02. The third kappa shape index (κ3) is 2.07. The Bertz CT molecular complexity index is 1130. The van der Waals surface area contributed by atoms with Gasteiger partial charge in [0.05, 0.1) is 18.1 Å². The van der Waals surface area contributed by atoms with Gasteiger partial charge in [0.1, 0.15) is 12.0 Å². The maximum atomic E-state index is 10.3. The normalized spacial score (nSPS) is 15.2. The molecule has 5 nitrogen and oxygen atoms in total. The Morgan fingerprint density at radius 2 is 1.85 bits per heavy atom. The van der Waals surface area contributed by atoms with Gasteiger partial charge in [-0.25, -0.2) is 4.98 Å². The highest BCUT2D eigenvalue weighted by atomic mass is 16.5. The molecule has 2 N–H and O–H groups in total. The molecule has 0 saturated carbocycles. The molecule has 2 heterocycles. The number of methoxy groups -OCH3 is 1. The molecule has 1 aromatic heterocycles. The Hall–Kier alpha value is -3.47. The van der Waals surface area contributed by atoms with Gasteiger partial charge in [-0.2, -0.15) is 0 Å². The summed E-state index contributed by atoms with van der Waals surface area (Å²) in [6.45, 7) is 0. The summed E-state index contributed by atoms with van der Waals surface area (Å²) in [5, 5.41) is 13.8. The number of phenolic OH excluding ortho intramolecular Hbond substituents is 1. The minimum absolute atomic E-state index is 0.122. The first kappa shape index (κ1) is 14.8. The molecule has 0 radical (unpaired) electrons. The van der Waals surface area contributed by atoms with Gasteiger partial charge in [0.25, 0.3) is 0 Å². The summed E-state index contributed by atoms with van der Waals surface area (Å²) in [4.78, 5) is 4.86. The number of hydrogen-bond donors (Lipinski definition) is 2. The molecule has 26 heavy (non-hydrogen) atoms. The number of hydrogen-bond acceptors (Lipinski definition) is 4. The Balaban J connectivity index is 1.77. The van der Waals surface area contributed by atoms with E-state index in [9.17, 15) is 5.11 Å². The Morgan fingerprint density at radius 3 is 2.69 bits per heavy atom. The first-order valence-electron chi connectivity index (χ1n) is 8.46. The van der Waals surface area contributed by atoms with E-state index in [2.05, 4.69) is 28.1 Å². The number of phenols is 1. The van der Waals surface area contributed by atoms with E-state index >= 15 is 0 Å². The molecule has 128 valence electrons. The maximum absolute atomic E-state index is 10.3. The molecule has 0 saturated heterocycles. The lowest BCUT2D eigenvalue weighted by atomic mass is 10.1. The first-order valence-corrected chi connectivity index (χ1v) is 8.46. The van der Waals surface area contributed by atoms with Crippen molar-refractivity contribution in [2.75, 3.05) is 12.4 Å². The van der Waals surface area contributed by atoms with E-state index in [1.54, 1.807) is 19.2 Å². The van der Waals surface area contributed by atoms with Gasteiger partial charge in [0.15, 0.2) is 11.5 Å². The molecule has 0 spiro atoms. The van der Waals surface area contributed by atoms with Crippen molar-refractivity contribution in [2.24, 2.45) is 0 Å². The molecule has 1 unspecified atom stereocenters. The molecular formula is C21H17N3O2. The fourth-order valence-electron chi connectivity index (χ4n) is 3.62. The molecule has 0 amide bonds. The van der Waals surface area contributed by atoms with Crippen LogP contribution in [0.2, 0.25) is 0 Å². The number of imidazole rings is 1. The highest BCUT2D eigenvalue weighted by molar-refractivity contribution is 5.86. The lowest BCUT2D eigenvalue weighted by Gasteiger charge is -2.30. The fraction of sp³-hybridized carbons (Fsp3) is 0.0952. The highest BCUT2D eigenvalue weighted by Gasteiger charge is 2.28. The Morgan fingerprint density at radius 1 is 1.04 bits per heavy atom. The second kappa shape index (κ2) is 5.52. The molecule has 1 aliphatic heterocycles. The molecule has 0 fully saturated rings. The number of benzene rings is 3. The maximum Gasteiger partial charge on any atom is 0.160 e. The minimum Gasteiger partial charge on any atom is -0.504 e. The van der Waals surface area contributed by atoms with Crippen LogP contribution in [0.25, 0.3) is 22.4 Å². The summed E-state index contributed by atoms with van der Waals surface area (Å²) in [6, 6.07) is 21.7. The molecule has 4 aromatic rings. The van der Waals surface area contributed by atoms with E-state index in [1.807, 2.05) is 36.4 Å². The molecule has 5 rings (SSSR count). The summed E-state index contributed by atoms with van der Waals surface area (Å²) in [7, 11) is 1.55. The van der Waals surface area contributed by atoms with Crippen molar-refractivity contribution in [3.05, 3.63) is 72.3 Å². The second-order valence-corrected chi connectivity index (χ2v) is 6.32. The monoisotopic (exact) mass is 343 g/mol. The van der Waals surface area contributed by atoms with Crippen LogP contribution in [0.3, 0.4) is 0 Å². The third-order valence-electron chi connectivity index (χ3n) is 4.83. The van der Waals surface area contributed by atoms with Crippen molar-refractivity contribution < 1.29 is 9.84 Å². The minimum atomic E-state index is -0.177. The van der Waals surface area contributed by atoms with E-state index in [1.165, 1.54) is 0 Å². The van der Waals surface area contributed by atoms with Crippen molar-refractivity contribution in [3.63, 3.8) is 0 Å². The second-order valence-electron chi connectivity index (χ2n) is 6.32. The summed E-state index contributed by atoms with van der Waals surface area (Å²) < 4.78 is 7.36. The number of nitrogens with zero attached hydrogens (tertiary/aromatic N) is 2. The van der Waals surface area contributed by atoms with Crippen molar-refractivity contribution in [2.45, 2.75) is 6.17 Å². The van der Waals surface area contributed by atoms with E-state index in [-0.39, 0.29) is 11.9 Å². The Labute approximate surface area is 150 Å². The van der Waals surface area contributed by atoms with Gasteiger partial charge in [0, 0.05) is 11.3 Å². The zero-order valence-electron chi connectivity index (χ0n) is 14.2. The number of nitrogens with one attached hydrogen (secondary N) is 1. The lowest BCUT2D eigenvalue weighted by Crippen LogP contribution is -2.24. The van der Waals surface area contributed by atoms with Crippen LogP contribution in [0.5, 0.6) is 11.5 Å². The molecule has 3 aromatic carbocycles. The number of para-hydroxylation sites is 3. The average molecular weight is 343 g/mol. The molecule has 1 atom stereocenters. The van der Waals surface area contributed by atoms with E-state index in [0.717, 1.165) is 33.7 Å². The highest BCUT2D eigenvalue weighted by Crippen LogP contribution is 2.41. The molecule has 0 aliphatic carbocycles. The number of aromatic hydroxyl groups is 1. The van der Waals surface area contributed by atoms with Crippen LogP contribution in [0, 0.1) is 0 Å². The molecule has 5 heteroatoms. The van der Waals surface area contributed by atoms with Crippen LogP contribution in [0.4, 0.5) is 5.69 Å². The van der Waals surface area contributed by atoms with Crippen molar-refractivity contribution >= 4 is 16.7 Å². The smallest absolute Gasteiger partial charge is 0.160 e. The number of rotatable bonds is 2. The van der Waals surface area contributed by atoms with Crippen LogP contribution in [0.15, 0.2) is 66.7 Å². The number of aromatic nitrogens is 2. The summed E-state index contributed by atoms with van der Waals surface area (Å²) in [5.74, 6) is 1.50. The van der Waals surface area contributed by atoms with Gasteiger partial charge < -0.3 is 15.2 Å². The average Bonchev–Trinajstić information content (AvgIpc) is 3.07.